The van der Waals surface area contributed by atoms with Crippen molar-refractivity contribution in [2.75, 3.05) is 5.75 Å². The minimum atomic E-state index is -0.0876. The lowest BCUT2D eigenvalue weighted by Crippen LogP contribution is -2.18. The third-order valence-electron chi connectivity index (χ3n) is 4.41. The molecule has 0 radical (unpaired) electrons. The number of thiophene rings is 2. The molecule has 31 heavy (non-hydrogen) atoms. The fourth-order valence-electron chi connectivity index (χ4n) is 2.95. The normalized spacial score (nSPS) is 10.9. The number of aromatic nitrogens is 3. The molecular weight excluding hydrogens is 448 g/mol. The molecule has 0 spiro atoms. The molecular formula is C22H20N4O2S3. The average molecular weight is 469 g/mol. The van der Waals surface area contributed by atoms with Crippen LogP contribution in [-0.2, 0) is 17.8 Å². The van der Waals surface area contributed by atoms with Crippen LogP contribution < -0.4 is 5.32 Å². The van der Waals surface area contributed by atoms with E-state index in [1.165, 1.54) is 34.9 Å². The van der Waals surface area contributed by atoms with E-state index in [4.69, 9.17) is 0 Å². The summed E-state index contributed by atoms with van der Waals surface area (Å²) in [7, 11) is 0. The maximum Gasteiger partial charge on any atom is 0.217 e. The molecule has 0 unspecified atom stereocenters. The number of benzene rings is 1. The second-order valence-corrected chi connectivity index (χ2v) is 9.86. The molecule has 1 N–H and O–H groups in total. The molecule has 0 saturated carbocycles. The number of Topliss-reactive ketones (excluding diaryl/α,β-unsaturated/α-hetero) is 1. The van der Waals surface area contributed by atoms with E-state index >= 15 is 0 Å². The molecule has 4 aromatic rings. The number of nitrogens with one attached hydrogen (secondary N) is 1. The van der Waals surface area contributed by atoms with Crippen molar-refractivity contribution in [2.24, 2.45) is 0 Å². The van der Waals surface area contributed by atoms with E-state index in [1.807, 2.05) is 58.5 Å². The number of carbonyl (C=O) groups is 2. The Morgan fingerprint density at radius 1 is 1.03 bits per heavy atom. The van der Waals surface area contributed by atoms with Gasteiger partial charge in [-0.05, 0) is 35.7 Å². The van der Waals surface area contributed by atoms with Crippen LogP contribution in [0.5, 0.6) is 0 Å². The smallest absolute Gasteiger partial charge is 0.217 e. The fourth-order valence-corrected chi connectivity index (χ4v) is 5.48. The van der Waals surface area contributed by atoms with Gasteiger partial charge >= 0.3 is 0 Å². The molecule has 1 aromatic carbocycles. The van der Waals surface area contributed by atoms with Crippen LogP contribution in [0.3, 0.4) is 0 Å². The van der Waals surface area contributed by atoms with Crippen molar-refractivity contribution < 1.29 is 9.59 Å². The summed E-state index contributed by atoms with van der Waals surface area (Å²) in [5.41, 5.74) is 0.975. The average Bonchev–Trinajstić information content (AvgIpc) is 3.53. The number of hydrogen-bond acceptors (Lipinski definition) is 7. The lowest BCUT2D eigenvalue weighted by molar-refractivity contribution is -0.119. The first-order valence-corrected chi connectivity index (χ1v) is 12.3. The minimum Gasteiger partial charge on any atom is -0.351 e. The highest BCUT2D eigenvalue weighted by atomic mass is 32.2. The van der Waals surface area contributed by atoms with E-state index in [-0.39, 0.29) is 17.4 Å². The van der Waals surface area contributed by atoms with Gasteiger partial charge in [-0.1, -0.05) is 36.0 Å². The van der Waals surface area contributed by atoms with E-state index in [2.05, 4.69) is 21.6 Å². The van der Waals surface area contributed by atoms with Crippen LogP contribution >= 0.6 is 34.4 Å². The summed E-state index contributed by atoms with van der Waals surface area (Å²) in [5, 5.41) is 14.3. The molecule has 0 saturated heterocycles. The van der Waals surface area contributed by atoms with Gasteiger partial charge in [0.05, 0.1) is 17.2 Å². The zero-order valence-corrected chi connectivity index (χ0v) is 19.2. The molecule has 0 aliphatic heterocycles. The molecule has 9 heteroatoms. The van der Waals surface area contributed by atoms with Crippen LogP contribution in [0, 0.1) is 0 Å². The van der Waals surface area contributed by atoms with Gasteiger partial charge in [-0.25, -0.2) is 0 Å². The molecule has 4 rings (SSSR count). The van der Waals surface area contributed by atoms with Gasteiger partial charge in [0.15, 0.2) is 10.9 Å². The van der Waals surface area contributed by atoms with Gasteiger partial charge in [-0.2, -0.15) is 0 Å². The predicted molar refractivity (Wildman–Crippen MR) is 125 cm³/mol. The number of nitrogens with zero attached hydrogens (tertiary/aromatic N) is 3. The molecule has 6 nitrogen and oxygen atoms in total. The van der Waals surface area contributed by atoms with Gasteiger partial charge in [-0.15, -0.1) is 32.9 Å². The number of para-hydroxylation sites is 1. The summed E-state index contributed by atoms with van der Waals surface area (Å²) >= 11 is 4.48. The van der Waals surface area contributed by atoms with Crippen LogP contribution in [0.1, 0.15) is 32.2 Å². The van der Waals surface area contributed by atoms with Crippen molar-refractivity contribution in [1.82, 2.24) is 20.1 Å². The van der Waals surface area contributed by atoms with E-state index in [9.17, 15) is 9.59 Å². The number of thioether (sulfide) groups is 1. The maximum absolute atomic E-state index is 12.7. The highest BCUT2D eigenvalue weighted by molar-refractivity contribution is 7.99. The molecule has 0 aliphatic rings. The van der Waals surface area contributed by atoms with Crippen LogP contribution in [0.2, 0.25) is 0 Å². The second-order valence-electron chi connectivity index (χ2n) is 6.71. The molecule has 0 bridgehead atoms. The quantitative estimate of drug-likeness (QED) is 0.287. The summed E-state index contributed by atoms with van der Waals surface area (Å²) in [6, 6.07) is 17.8. The summed E-state index contributed by atoms with van der Waals surface area (Å²) in [4.78, 5) is 26.6. The Balaban J connectivity index is 1.50. The molecule has 3 heterocycles. The Morgan fingerprint density at radius 2 is 1.87 bits per heavy atom. The van der Waals surface area contributed by atoms with Crippen LogP contribution in [-0.4, -0.2) is 32.2 Å². The van der Waals surface area contributed by atoms with Gasteiger partial charge in [0.1, 0.15) is 5.82 Å². The third kappa shape index (κ3) is 5.49. The van der Waals surface area contributed by atoms with Crippen molar-refractivity contribution in [3.05, 3.63) is 80.4 Å². The first kappa shape index (κ1) is 21.5. The minimum absolute atomic E-state index is 0.0338. The van der Waals surface area contributed by atoms with Crippen molar-refractivity contribution >= 4 is 46.1 Å². The van der Waals surface area contributed by atoms with Crippen molar-refractivity contribution in [2.45, 2.75) is 25.0 Å². The zero-order chi connectivity index (χ0) is 21.6. The predicted octanol–water partition coefficient (Wildman–Crippen LogP) is 4.59. The SMILES string of the molecule is CC(=O)NCc1ccc(C(=O)CSc2nnc(Cc3cccs3)n2-c2ccccc2)s1. The standard InChI is InChI=1S/C22H20N4O2S3/c1-15(27)23-13-18-9-10-20(31-18)19(28)14-30-22-25-24-21(12-17-8-5-11-29-17)26(22)16-6-3-2-4-7-16/h2-11H,12-14H2,1H3,(H,23,27). The summed E-state index contributed by atoms with van der Waals surface area (Å²) < 4.78 is 2.02. The first-order valence-electron chi connectivity index (χ1n) is 9.61. The molecule has 0 aliphatic carbocycles. The Kier molecular flexibility index (Phi) is 6.96. The lowest BCUT2D eigenvalue weighted by Gasteiger charge is -2.09. The topological polar surface area (TPSA) is 76.9 Å². The van der Waals surface area contributed by atoms with E-state index in [0.29, 0.717) is 23.0 Å². The molecule has 0 fully saturated rings. The number of rotatable bonds is 9. The third-order valence-corrected chi connectivity index (χ3v) is 7.34. The van der Waals surface area contributed by atoms with E-state index in [0.717, 1.165) is 16.4 Å². The fraction of sp³-hybridized carbons (Fsp3) is 0.182. The van der Waals surface area contributed by atoms with Crippen molar-refractivity contribution in [1.29, 1.82) is 0 Å². The number of ketones is 1. The van der Waals surface area contributed by atoms with Gasteiger partial charge < -0.3 is 5.32 Å². The summed E-state index contributed by atoms with van der Waals surface area (Å²) in [6.07, 6.45) is 0.686. The lowest BCUT2D eigenvalue weighted by atomic mass is 10.3. The van der Waals surface area contributed by atoms with E-state index < -0.39 is 0 Å². The van der Waals surface area contributed by atoms with Crippen LogP contribution in [0.25, 0.3) is 5.69 Å². The number of carbonyl (C=O) groups excluding carboxylic acids is 2. The molecule has 1 amide bonds. The Bertz CT molecular complexity index is 1170. The Morgan fingerprint density at radius 3 is 2.61 bits per heavy atom. The maximum atomic E-state index is 12.7. The summed E-state index contributed by atoms with van der Waals surface area (Å²) in [5.74, 6) is 1.06. The molecule has 0 atom stereocenters. The highest BCUT2D eigenvalue weighted by Gasteiger charge is 2.18. The highest BCUT2D eigenvalue weighted by Crippen LogP contribution is 2.26. The Labute approximate surface area is 192 Å². The van der Waals surface area contributed by atoms with Crippen molar-refractivity contribution in [3.8, 4) is 5.69 Å². The molecule has 3 aromatic heterocycles. The van der Waals surface area contributed by atoms with Gasteiger partial charge in [0, 0.05) is 28.8 Å². The molecule has 158 valence electrons. The van der Waals surface area contributed by atoms with Crippen molar-refractivity contribution in [3.63, 3.8) is 0 Å². The summed E-state index contributed by atoms with van der Waals surface area (Å²) in [6.45, 7) is 1.92. The van der Waals surface area contributed by atoms with Gasteiger partial charge in [0.25, 0.3) is 0 Å². The number of hydrogen-bond donors (Lipinski definition) is 1. The van der Waals surface area contributed by atoms with Gasteiger partial charge in [-0.3, -0.25) is 14.2 Å². The zero-order valence-electron chi connectivity index (χ0n) is 16.8. The number of amides is 1. The van der Waals surface area contributed by atoms with Gasteiger partial charge in [0.2, 0.25) is 5.91 Å². The monoisotopic (exact) mass is 468 g/mol. The Hall–Kier alpha value is -2.75. The second kappa shape index (κ2) is 10.0. The van der Waals surface area contributed by atoms with Crippen LogP contribution in [0.4, 0.5) is 0 Å². The van der Waals surface area contributed by atoms with E-state index in [1.54, 1.807) is 11.3 Å². The largest absolute Gasteiger partial charge is 0.351 e. The van der Waals surface area contributed by atoms with Crippen LogP contribution in [0.15, 0.2) is 65.1 Å². The first-order chi connectivity index (χ1) is 15.1.